The van der Waals surface area contributed by atoms with E-state index in [1.165, 1.54) is 283 Å². The number of allylic oxidation sites excluding steroid dienone is 11. The highest BCUT2D eigenvalue weighted by atomic mass is 31.2. The molecule has 0 bridgehead atoms. The number of hydrogen-bond donors (Lipinski definition) is 3. The zero-order valence-electron chi connectivity index (χ0n) is 58.5. The first-order chi connectivity index (χ1) is 42.5. The lowest BCUT2D eigenvalue weighted by atomic mass is 10.0. The topological polar surface area (TPSA) is 105 Å². The number of rotatable bonds is 70. The monoisotopic (exact) mass is 1240 g/mol. The van der Waals surface area contributed by atoms with Crippen LogP contribution in [0.2, 0.25) is 0 Å². The number of nitrogens with zero attached hydrogens (tertiary/aromatic N) is 1. The standard InChI is InChI=1S/C78H147N2O6P/c1-6-8-10-12-14-16-18-20-22-24-26-28-30-32-33-34-35-36-37-38-39-40-41-42-43-44-45-46-47-48-50-52-54-56-58-60-62-64-66-68-70-72-78(82)79-76(75-86-87(83,84)85-74-73-80(3,4)5)77(81)71-69-67-65-63-61-59-57-55-53-51-49-31-29-27-25-23-21-19-17-15-13-11-9-7-2/h8,10,14,16,20,22,26,28,61,63,69,71,76-77,81H,6-7,9,11-13,15,17-19,21,23-25,27,29-60,62,64-68,70,72-75H2,1-5H3,(H-,79,82,83,84)/p+1/b10-8-,16-14-,22-20-,28-26-,63-61+,71-69+. The van der Waals surface area contributed by atoms with Crippen molar-refractivity contribution >= 4 is 13.7 Å². The summed E-state index contributed by atoms with van der Waals surface area (Å²) in [5, 5.41) is 14.0. The lowest BCUT2D eigenvalue weighted by molar-refractivity contribution is -0.870. The second kappa shape index (κ2) is 68.3. The zero-order valence-corrected chi connectivity index (χ0v) is 59.4. The van der Waals surface area contributed by atoms with Crippen molar-refractivity contribution in [2.75, 3.05) is 40.9 Å². The molecule has 0 fully saturated rings. The van der Waals surface area contributed by atoms with Gasteiger partial charge >= 0.3 is 7.82 Å². The summed E-state index contributed by atoms with van der Waals surface area (Å²) in [7, 11) is 1.57. The van der Waals surface area contributed by atoms with E-state index in [1.807, 2.05) is 27.2 Å². The molecule has 510 valence electrons. The van der Waals surface area contributed by atoms with Crippen molar-refractivity contribution in [3.05, 3.63) is 72.9 Å². The molecule has 0 saturated heterocycles. The fourth-order valence-corrected chi connectivity index (χ4v) is 12.1. The third-order valence-electron chi connectivity index (χ3n) is 17.2. The van der Waals surface area contributed by atoms with Crippen LogP contribution >= 0.6 is 7.82 Å². The number of aliphatic hydroxyl groups excluding tert-OH is 1. The fourth-order valence-electron chi connectivity index (χ4n) is 11.3. The van der Waals surface area contributed by atoms with E-state index in [0.717, 1.165) is 64.2 Å². The van der Waals surface area contributed by atoms with Gasteiger partial charge in [-0.15, -0.1) is 0 Å². The minimum absolute atomic E-state index is 0.0570. The Morgan fingerprint density at radius 2 is 0.701 bits per heavy atom. The summed E-state index contributed by atoms with van der Waals surface area (Å²) in [6, 6.07) is -0.865. The number of aliphatic hydroxyl groups is 1. The molecule has 0 aromatic heterocycles. The van der Waals surface area contributed by atoms with Crippen LogP contribution in [0.1, 0.15) is 367 Å². The Bertz CT molecular complexity index is 1650. The molecular weight excluding hydrogens is 1090 g/mol. The Morgan fingerprint density at radius 1 is 0.402 bits per heavy atom. The van der Waals surface area contributed by atoms with E-state index in [4.69, 9.17) is 9.05 Å². The summed E-state index contributed by atoms with van der Waals surface area (Å²) in [5.41, 5.74) is 0. The van der Waals surface area contributed by atoms with Crippen molar-refractivity contribution in [1.29, 1.82) is 0 Å². The Kier molecular flexibility index (Phi) is 66.7. The van der Waals surface area contributed by atoms with Gasteiger partial charge in [0.2, 0.25) is 5.91 Å². The van der Waals surface area contributed by atoms with E-state index < -0.39 is 20.0 Å². The van der Waals surface area contributed by atoms with E-state index in [1.54, 1.807) is 6.08 Å². The number of carbonyl (C=O) groups excluding carboxylic acids is 1. The van der Waals surface area contributed by atoms with Crippen LogP contribution in [0.4, 0.5) is 0 Å². The molecular formula is C78H148N2O6P+. The molecule has 3 atom stereocenters. The van der Waals surface area contributed by atoms with Gasteiger partial charge in [0.05, 0.1) is 39.9 Å². The zero-order chi connectivity index (χ0) is 63.4. The Morgan fingerprint density at radius 3 is 1.06 bits per heavy atom. The third kappa shape index (κ3) is 71.2. The van der Waals surface area contributed by atoms with Gasteiger partial charge in [-0.3, -0.25) is 13.8 Å². The molecule has 0 saturated carbocycles. The maximum Gasteiger partial charge on any atom is 0.472 e. The van der Waals surface area contributed by atoms with E-state index in [2.05, 4.69) is 79.9 Å². The van der Waals surface area contributed by atoms with E-state index in [0.29, 0.717) is 17.4 Å². The maximum atomic E-state index is 13.1. The Balaban J connectivity index is 3.94. The number of phosphoric acid groups is 1. The number of hydrogen-bond acceptors (Lipinski definition) is 5. The number of likely N-dealkylation sites (N-methyl/N-ethyl adjacent to an activating group) is 1. The van der Waals surface area contributed by atoms with E-state index >= 15 is 0 Å². The molecule has 0 aromatic rings. The minimum atomic E-state index is -4.36. The average Bonchev–Trinajstić information content (AvgIpc) is 3.71. The van der Waals surface area contributed by atoms with Crippen LogP contribution in [-0.2, 0) is 18.4 Å². The number of unbranched alkanes of at least 4 members (excludes halogenated alkanes) is 47. The van der Waals surface area contributed by atoms with Crippen LogP contribution in [0, 0.1) is 0 Å². The van der Waals surface area contributed by atoms with Crippen molar-refractivity contribution in [2.24, 2.45) is 0 Å². The number of phosphoric ester groups is 1. The third-order valence-corrected chi connectivity index (χ3v) is 18.1. The summed E-state index contributed by atoms with van der Waals surface area (Å²) in [6.45, 7) is 4.73. The predicted octanol–water partition coefficient (Wildman–Crippen LogP) is 24.5. The second-order valence-corrected chi connectivity index (χ2v) is 28.4. The lowest BCUT2D eigenvalue weighted by Gasteiger charge is -2.25. The van der Waals surface area contributed by atoms with Gasteiger partial charge in [-0.25, -0.2) is 4.57 Å². The molecule has 0 heterocycles. The molecule has 3 unspecified atom stereocenters. The first kappa shape index (κ1) is 84.9. The molecule has 0 aliphatic carbocycles. The fraction of sp³-hybridized carbons (Fsp3) is 0.833. The summed E-state index contributed by atoms with van der Waals surface area (Å²) >= 11 is 0. The number of nitrogens with one attached hydrogen (secondary N) is 1. The molecule has 87 heavy (non-hydrogen) atoms. The number of amides is 1. The average molecular weight is 1240 g/mol. The van der Waals surface area contributed by atoms with E-state index in [-0.39, 0.29) is 19.1 Å². The largest absolute Gasteiger partial charge is 0.472 e. The summed E-state index contributed by atoms with van der Waals surface area (Å²) < 4.78 is 23.8. The van der Waals surface area contributed by atoms with Gasteiger partial charge in [-0.05, 0) is 70.6 Å². The summed E-state index contributed by atoms with van der Waals surface area (Å²) in [5.74, 6) is -0.180. The maximum absolute atomic E-state index is 13.1. The van der Waals surface area contributed by atoms with Gasteiger partial charge in [-0.1, -0.05) is 363 Å². The Labute approximate surface area is 542 Å². The highest BCUT2D eigenvalue weighted by molar-refractivity contribution is 7.47. The first-order valence-electron chi connectivity index (χ1n) is 37.8. The van der Waals surface area contributed by atoms with Crippen LogP contribution in [0.3, 0.4) is 0 Å². The molecule has 3 N–H and O–H groups in total. The highest BCUT2D eigenvalue weighted by Crippen LogP contribution is 2.43. The van der Waals surface area contributed by atoms with Crippen LogP contribution in [-0.4, -0.2) is 73.4 Å². The van der Waals surface area contributed by atoms with Gasteiger partial charge in [0.25, 0.3) is 0 Å². The van der Waals surface area contributed by atoms with Crippen molar-refractivity contribution in [3.63, 3.8) is 0 Å². The SMILES string of the molecule is CC/C=C\C/C=C\C/C=C\C/C=C\CCCCCCCCCCCCCCCCCCCCCCCCCCCCCCC(=O)NC(COP(=O)(O)OCC[N+](C)(C)C)C(O)/C=C/CC/C=C/CCCCCCCCCCCCCCCCCCCC. The van der Waals surface area contributed by atoms with Gasteiger partial charge < -0.3 is 19.8 Å². The van der Waals surface area contributed by atoms with Crippen molar-refractivity contribution < 1.29 is 32.9 Å². The summed E-state index contributed by atoms with van der Waals surface area (Å²) in [6.07, 6.45) is 96.6. The molecule has 0 rings (SSSR count). The molecule has 0 aliphatic rings. The Hall–Kier alpha value is -2.06. The van der Waals surface area contributed by atoms with Crippen LogP contribution < -0.4 is 5.32 Å². The van der Waals surface area contributed by atoms with Gasteiger partial charge in [0, 0.05) is 6.42 Å². The van der Waals surface area contributed by atoms with Crippen LogP contribution in [0.15, 0.2) is 72.9 Å². The second-order valence-electron chi connectivity index (χ2n) is 27.0. The van der Waals surface area contributed by atoms with E-state index in [9.17, 15) is 19.4 Å². The molecule has 9 heteroatoms. The molecule has 0 spiro atoms. The molecule has 0 aromatic carbocycles. The van der Waals surface area contributed by atoms with Crippen molar-refractivity contribution in [1.82, 2.24) is 5.32 Å². The molecule has 0 aliphatic heterocycles. The summed E-state index contributed by atoms with van der Waals surface area (Å²) in [4.78, 5) is 23.4. The lowest BCUT2D eigenvalue weighted by Crippen LogP contribution is -2.45. The highest BCUT2D eigenvalue weighted by Gasteiger charge is 2.28. The molecule has 0 radical (unpaired) electrons. The molecule has 1 amide bonds. The van der Waals surface area contributed by atoms with Crippen LogP contribution in [0.25, 0.3) is 0 Å². The quantitative estimate of drug-likeness (QED) is 0.0243. The predicted molar refractivity (Wildman–Crippen MR) is 383 cm³/mol. The van der Waals surface area contributed by atoms with Crippen molar-refractivity contribution in [2.45, 2.75) is 379 Å². The van der Waals surface area contributed by atoms with Crippen LogP contribution in [0.5, 0.6) is 0 Å². The number of carbonyl (C=O) groups is 1. The minimum Gasteiger partial charge on any atom is -0.387 e. The number of quaternary nitrogens is 1. The van der Waals surface area contributed by atoms with Crippen molar-refractivity contribution in [3.8, 4) is 0 Å². The van der Waals surface area contributed by atoms with Gasteiger partial charge in [-0.2, -0.15) is 0 Å². The first-order valence-corrected chi connectivity index (χ1v) is 39.3. The van der Waals surface area contributed by atoms with Gasteiger partial charge in [0.1, 0.15) is 13.2 Å². The normalized spacial score (nSPS) is 14.0. The smallest absolute Gasteiger partial charge is 0.387 e. The molecule has 8 nitrogen and oxygen atoms in total. The van der Waals surface area contributed by atoms with Gasteiger partial charge in [0.15, 0.2) is 0 Å².